The molecule has 43 heavy (non-hydrogen) atoms. The van der Waals surface area contributed by atoms with Gasteiger partial charge in [-0.1, -0.05) is 65.4 Å². The molecule has 222 valence electrons. The number of carbonyl (C=O) groups is 1. The van der Waals surface area contributed by atoms with E-state index in [4.69, 9.17) is 25.8 Å². The number of rotatable bonds is 9. The molecule has 0 aliphatic carbocycles. The van der Waals surface area contributed by atoms with Crippen LogP contribution < -0.4 is 24.4 Å². The molecule has 0 saturated carbocycles. The third kappa shape index (κ3) is 6.59. The molecule has 1 aromatic heterocycles. The lowest BCUT2D eigenvalue weighted by atomic mass is 9.96. The number of esters is 1. The number of fused-ring (bicyclic) bond motifs is 1. The van der Waals surface area contributed by atoms with Gasteiger partial charge in [-0.3, -0.25) is 9.36 Å². The third-order valence-electron chi connectivity index (χ3n) is 6.79. The molecule has 4 aromatic rings. The van der Waals surface area contributed by atoms with Crippen molar-refractivity contribution in [2.24, 2.45) is 4.99 Å². The summed E-state index contributed by atoms with van der Waals surface area (Å²) >= 11 is 9.51. The number of hydrogen-bond acceptors (Lipinski definition) is 8. The summed E-state index contributed by atoms with van der Waals surface area (Å²) < 4.78 is 19.2. The van der Waals surface area contributed by atoms with Crippen LogP contribution in [0.4, 0.5) is 0 Å². The fourth-order valence-electron chi connectivity index (χ4n) is 4.81. The molecule has 0 N–H and O–H groups in total. The van der Waals surface area contributed by atoms with Gasteiger partial charge >= 0.3 is 5.97 Å². The van der Waals surface area contributed by atoms with Gasteiger partial charge in [0.05, 0.1) is 40.1 Å². The van der Waals surface area contributed by atoms with Crippen molar-refractivity contribution in [1.82, 2.24) is 4.57 Å². The average Bonchev–Trinajstić information content (AvgIpc) is 3.29. The van der Waals surface area contributed by atoms with E-state index in [-0.39, 0.29) is 11.7 Å². The summed E-state index contributed by atoms with van der Waals surface area (Å²) in [6, 6.07) is 20.4. The maximum Gasteiger partial charge on any atom is 0.338 e. The lowest BCUT2D eigenvalue weighted by Crippen LogP contribution is -2.40. The first-order valence-corrected chi connectivity index (χ1v) is 16.0. The van der Waals surface area contributed by atoms with Crippen LogP contribution in [-0.4, -0.2) is 30.0 Å². The molecule has 0 saturated heterocycles. The van der Waals surface area contributed by atoms with Crippen molar-refractivity contribution in [1.29, 1.82) is 0 Å². The molecule has 3 aromatic carbocycles. The zero-order chi connectivity index (χ0) is 30.7. The van der Waals surface area contributed by atoms with Gasteiger partial charge in [0.25, 0.3) is 5.56 Å². The first kappa shape index (κ1) is 30.7. The van der Waals surface area contributed by atoms with E-state index in [1.807, 2.05) is 60.9 Å². The quantitative estimate of drug-likeness (QED) is 0.162. The molecule has 0 amide bonds. The summed E-state index contributed by atoms with van der Waals surface area (Å²) in [5.74, 6) is 0.375. The number of hydrogen-bond donors (Lipinski definition) is 0. The second-order valence-corrected chi connectivity index (χ2v) is 12.4. The summed E-state index contributed by atoms with van der Waals surface area (Å²) in [6.07, 6.45) is 3.42. The Labute approximate surface area is 263 Å². The van der Waals surface area contributed by atoms with Gasteiger partial charge in [-0.15, -0.1) is 11.8 Å². The number of ether oxygens (including phenoxy) is 3. The average molecular weight is 635 g/mol. The lowest BCUT2D eigenvalue weighted by molar-refractivity contribution is -0.143. The Bertz CT molecular complexity index is 1860. The van der Waals surface area contributed by atoms with Crippen LogP contribution in [0.25, 0.3) is 6.08 Å². The van der Waals surface area contributed by atoms with Gasteiger partial charge in [0.15, 0.2) is 16.3 Å². The Morgan fingerprint density at radius 2 is 1.86 bits per heavy atom. The summed E-state index contributed by atoms with van der Waals surface area (Å²) in [4.78, 5) is 33.6. The van der Waals surface area contributed by atoms with Crippen molar-refractivity contribution in [3.63, 3.8) is 0 Å². The Kier molecular flexibility index (Phi) is 9.44. The first-order valence-electron chi connectivity index (χ1n) is 13.6. The number of thioether (sulfide) groups is 1. The lowest BCUT2D eigenvalue weighted by Gasteiger charge is -2.25. The van der Waals surface area contributed by atoms with E-state index < -0.39 is 12.0 Å². The molecule has 1 aliphatic heterocycles. The molecule has 0 radical (unpaired) electrons. The van der Waals surface area contributed by atoms with Crippen LogP contribution in [0.3, 0.4) is 0 Å². The van der Waals surface area contributed by atoms with Crippen molar-refractivity contribution in [3.8, 4) is 11.5 Å². The monoisotopic (exact) mass is 634 g/mol. The number of aromatic nitrogens is 1. The molecular formula is C33H31ClN2O5S2. The largest absolute Gasteiger partial charge is 0.493 e. The standard InChI is InChI=1S/C33H31ClN2O5S2/c1-19(2)41-32(38)28-20(3)35-33-36(29(28)23-11-13-24(42-5)14-12-23)31(37)27(43-33)17-22-15-25(34)30(26(16-22)39-4)40-18-21-9-7-6-8-10-21/h6-17,19,29H,18H2,1-5H3/b27-17-/t29-/m1/s1. The van der Waals surface area contributed by atoms with Crippen molar-refractivity contribution in [2.45, 2.75) is 44.4 Å². The van der Waals surface area contributed by atoms with E-state index in [9.17, 15) is 9.59 Å². The maximum atomic E-state index is 14.0. The zero-order valence-electron chi connectivity index (χ0n) is 24.4. The SMILES string of the molecule is COc1cc(/C=c2\sc3n(c2=O)[C@H](c2ccc(SC)cc2)C(C(=O)OC(C)C)=C(C)N=3)cc(Cl)c1OCc1ccccc1. The van der Waals surface area contributed by atoms with E-state index >= 15 is 0 Å². The summed E-state index contributed by atoms with van der Waals surface area (Å²) in [5.41, 5.74) is 3.03. The molecule has 1 atom stereocenters. The van der Waals surface area contributed by atoms with Crippen LogP contribution in [0.15, 0.2) is 92.7 Å². The number of benzene rings is 3. The van der Waals surface area contributed by atoms with Gasteiger partial charge < -0.3 is 14.2 Å². The highest BCUT2D eigenvalue weighted by atomic mass is 35.5. The van der Waals surface area contributed by atoms with E-state index in [2.05, 4.69) is 4.99 Å². The van der Waals surface area contributed by atoms with Gasteiger partial charge in [0.1, 0.15) is 6.61 Å². The predicted octanol–water partition coefficient (Wildman–Crippen LogP) is 6.15. The minimum Gasteiger partial charge on any atom is -0.493 e. The summed E-state index contributed by atoms with van der Waals surface area (Å²) in [5, 5.41) is 0.357. The number of allylic oxidation sites excluding steroid dienone is 1. The summed E-state index contributed by atoms with van der Waals surface area (Å²) in [6.45, 7) is 5.69. The highest BCUT2D eigenvalue weighted by molar-refractivity contribution is 7.98. The van der Waals surface area contributed by atoms with Crippen LogP contribution >= 0.6 is 34.7 Å². The van der Waals surface area contributed by atoms with Gasteiger partial charge in [0, 0.05) is 4.90 Å². The minimum atomic E-state index is -0.688. The number of methoxy groups -OCH3 is 1. The number of thiazole rings is 1. The molecular weight excluding hydrogens is 604 g/mol. The molecule has 7 nitrogen and oxygen atoms in total. The van der Waals surface area contributed by atoms with Gasteiger partial charge in [-0.2, -0.15) is 0 Å². The van der Waals surface area contributed by atoms with E-state index in [0.717, 1.165) is 16.0 Å². The van der Waals surface area contributed by atoms with Crippen LogP contribution in [-0.2, 0) is 16.1 Å². The number of nitrogens with zero attached hydrogens (tertiary/aromatic N) is 2. The topological polar surface area (TPSA) is 79.1 Å². The second kappa shape index (κ2) is 13.2. The zero-order valence-corrected chi connectivity index (χ0v) is 26.8. The van der Waals surface area contributed by atoms with E-state index in [1.54, 1.807) is 62.4 Å². The fraction of sp³-hybridized carbons (Fsp3) is 0.242. The summed E-state index contributed by atoms with van der Waals surface area (Å²) in [7, 11) is 1.54. The Morgan fingerprint density at radius 3 is 2.51 bits per heavy atom. The highest BCUT2D eigenvalue weighted by Gasteiger charge is 2.33. The molecule has 0 fully saturated rings. The molecule has 0 bridgehead atoms. The fourth-order valence-corrected chi connectivity index (χ4v) is 6.53. The molecule has 0 unspecified atom stereocenters. The van der Waals surface area contributed by atoms with E-state index in [0.29, 0.717) is 49.3 Å². The minimum absolute atomic E-state index is 0.274. The Hall–Kier alpha value is -3.79. The van der Waals surface area contributed by atoms with Crippen molar-refractivity contribution < 1.29 is 19.0 Å². The van der Waals surface area contributed by atoms with Gasteiger partial charge in [-0.25, -0.2) is 9.79 Å². The maximum absolute atomic E-state index is 14.0. The second-order valence-electron chi connectivity index (χ2n) is 10.1. The Morgan fingerprint density at radius 1 is 1.14 bits per heavy atom. The predicted molar refractivity (Wildman–Crippen MR) is 172 cm³/mol. The Balaban J connectivity index is 1.58. The van der Waals surface area contributed by atoms with Gasteiger partial charge in [-0.05, 0) is 74.1 Å². The number of halogens is 1. The van der Waals surface area contributed by atoms with Crippen LogP contribution in [0.2, 0.25) is 5.02 Å². The van der Waals surface area contributed by atoms with Crippen molar-refractivity contribution >= 4 is 46.7 Å². The molecule has 2 heterocycles. The van der Waals surface area contributed by atoms with Crippen molar-refractivity contribution in [3.05, 3.63) is 119 Å². The van der Waals surface area contributed by atoms with Crippen LogP contribution in [0, 0.1) is 0 Å². The third-order valence-corrected chi connectivity index (χ3v) is 8.80. The van der Waals surface area contributed by atoms with Crippen molar-refractivity contribution in [2.75, 3.05) is 13.4 Å². The van der Waals surface area contributed by atoms with Gasteiger partial charge in [0.2, 0.25) is 0 Å². The smallest absolute Gasteiger partial charge is 0.338 e. The molecule has 10 heteroatoms. The van der Waals surface area contributed by atoms with Crippen LogP contribution in [0.1, 0.15) is 43.5 Å². The van der Waals surface area contributed by atoms with E-state index in [1.165, 1.54) is 11.3 Å². The first-order chi connectivity index (χ1) is 20.7. The molecule has 0 spiro atoms. The van der Waals surface area contributed by atoms with Crippen LogP contribution in [0.5, 0.6) is 11.5 Å². The highest BCUT2D eigenvalue weighted by Crippen LogP contribution is 2.37. The normalized spacial score (nSPS) is 14.9. The molecule has 5 rings (SSSR count). The molecule has 1 aliphatic rings. The number of carbonyl (C=O) groups excluding carboxylic acids is 1.